The molecule has 1 atom stereocenters. The fraction of sp³-hybridized carbons (Fsp3) is 0.361. The van der Waals surface area contributed by atoms with Crippen molar-refractivity contribution in [1.82, 2.24) is 25.5 Å². The van der Waals surface area contributed by atoms with Crippen LogP contribution in [0.15, 0.2) is 54.7 Å². The molecule has 11 heteroatoms. The Morgan fingerprint density at radius 3 is 2.64 bits per heavy atom. The van der Waals surface area contributed by atoms with Gasteiger partial charge < -0.3 is 20.5 Å². The number of hydrogen-bond acceptors (Lipinski definition) is 7. The molecule has 3 N–H and O–H groups in total. The van der Waals surface area contributed by atoms with E-state index < -0.39 is 5.60 Å². The number of fused-ring (bicyclic) bond motifs is 1. The van der Waals surface area contributed by atoms with E-state index >= 15 is 4.39 Å². The first kappa shape index (κ1) is 33.3. The maximum Gasteiger partial charge on any atom is 0.220 e. The zero-order valence-electron chi connectivity index (χ0n) is 26.7. The van der Waals surface area contributed by atoms with Crippen LogP contribution in [0.3, 0.4) is 0 Å². The fourth-order valence-electron chi connectivity index (χ4n) is 6.46. The number of hydrogen-bond donors (Lipinski definition) is 3. The zero-order chi connectivity index (χ0) is 33.3. The Bertz CT molecular complexity index is 1810. The average Bonchev–Trinajstić information content (AvgIpc) is 3.45. The molecule has 1 amide bonds. The van der Waals surface area contributed by atoms with E-state index in [0.29, 0.717) is 101 Å². The van der Waals surface area contributed by atoms with Gasteiger partial charge in [-0.25, -0.2) is 9.37 Å². The van der Waals surface area contributed by atoms with Crippen molar-refractivity contribution in [2.75, 3.05) is 26.7 Å². The number of benzene rings is 2. The number of amides is 1. The van der Waals surface area contributed by atoms with E-state index in [1.165, 1.54) is 6.07 Å². The Kier molecular flexibility index (Phi) is 9.82. The van der Waals surface area contributed by atoms with Gasteiger partial charge in [0.1, 0.15) is 5.82 Å². The van der Waals surface area contributed by atoms with Gasteiger partial charge in [0.15, 0.2) is 0 Å². The second-order valence-electron chi connectivity index (χ2n) is 12.9. The van der Waals surface area contributed by atoms with Crippen LogP contribution in [-0.2, 0) is 24.3 Å². The molecule has 246 valence electrons. The number of methoxy groups -OCH3 is 1. The number of rotatable bonds is 10. The normalized spacial score (nSPS) is 16.7. The highest BCUT2D eigenvalue weighted by Gasteiger charge is 2.26. The Morgan fingerprint density at radius 1 is 1.11 bits per heavy atom. The van der Waals surface area contributed by atoms with Crippen LogP contribution in [0.25, 0.3) is 33.6 Å². The van der Waals surface area contributed by atoms with Gasteiger partial charge in [-0.2, -0.15) is 0 Å². The van der Waals surface area contributed by atoms with Crippen molar-refractivity contribution in [2.24, 2.45) is 0 Å². The Balaban J connectivity index is 1.27. The molecule has 4 aromatic rings. The van der Waals surface area contributed by atoms with Crippen molar-refractivity contribution in [2.45, 2.75) is 57.8 Å². The smallest absolute Gasteiger partial charge is 0.220 e. The molecule has 1 saturated heterocycles. The molecule has 2 aromatic heterocycles. The van der Waals surface area contributed by atoms with Crippen LogP contribution in [0.5, 0.6) is 5.88 Å². The summed E-state index contributed by atoms with van der Waals surface area (Å²) in [6, 6.07) is 14.9. The van der Waals surface area contributed by atoms with Gasteiger partial charge in [0, 0.05) is 79.2 Å². The molecule has 2 aromatic carbocycles. The van der Waals surface area contributed by atoms with Crippen LogP contribution >= 0.6 is 23.2 Å². The van der Waals surface area contributed by atoms with E-state index in [2.05, 4.69) is 20.5 Å². The zero-order valence-corrected chi connectivity index (χ0v) is 28.2. The molecule has 4 heterocycles. The number of halogens is 3. The monoisotopic (exact) mass is 677 g/mol. The van der Waals surface area contributed by atoms with Gasteiger partial charge in [0.2, 0.25) is 11.8 Å². The third-order valence-electron chi connectivity index (χ3n) is 8.62. The summed E-state index contributed by atoms with van der Waals surface area (Å²) in [5.74, 6) is 0.284. The third-order valence-corrected chi connectivity index (χ3v) is 9.41. The van der Waals surface area contributed by atoms with Crippen molar-refractivity contribution in [3.63, 3.8) is 0 Å². The number of nitrogens with one attached hydrogen (secondary N) is 2. The van der Waals surface area contributed by atoms with E-state index in [1.807, 2.05) is 36.4 Å². The lowest BCUT2D eigenvalue weighted by atomic mass is 9.93. The number of aliphatic hydroxyl groups is 1. The van der Waals surface area contributed by atoms with Crippen molar-refractivity contribution in [1.29, 1.82) is 0 Å². The maximum atomic E-state index is 15.4. The predicted molar refractivity (Wildman–Crippen MR) is 183 cm³/mol. The van der Waals surface area contributed by atoms with Gasteiger partial charge >= 0.3 is 0 Å². The molecule has 47 heavy (non-hydrogen) atoms. The number of pyridine rings is 2. The molecule has 0 saturated carbocycles. The summed E-state index contributed by atoms with van der Waals surface area (Å²) in [7, 11) is 1.58. The molecule has 0 bridgehead atoms. The van der Waals surface area contributed by atoms with Gasteiger partial charge in [-0.05, 0) is 62.1 Å². The van der Waals surface area contributed by atoms with E-state index in [9.17, 15) is 9.90 Å². The summed E-state index contributed by atoms with van der Waals surface area (Å²) in [6.07, 6.45) is 3.61. The van der Waals surface area contributed by atoms with E-state index in [1.54, 1.807) is 33.2 Å². The second-order valence-corrected chi connectivity index (χ2v) is 13.6. The van der Waals surface area contributed by atoms with E-state index in [0.717, 1.165) is 17.5 Å². The van der Waals surface area contributed by atoms with Crippen molar-refractivity contribution in [3.05, 3.63) is 87.3 Å². The number of aromatic nitrogens is 2. The standard InChI is InChI=1S/C36H38Cl2FN5O3/c1-36(2,46)20-44-14-12-25-23(19-44)15-22(16-29(25)39)34-33(38)27(11-13-41-34)26-5-4-6-28(32(26)37)30-9-7-21(35(43-30)47-3)17-40-18-24-8-10-31(45)42-24/h4-7,9,11,13,15-16,24,40,46H,8,10,12,14,17-20H2,1-3H3,(H,42,45)/t24-/m1/s1. The molecule has 0 aliphatic carbocycles. The number of nitrogens with zero attached hydrogens (tertiary/aromatic N) is 3. The van der Waals surface area contributed by atoms with Crippen LogP contribution < -0.4 is 15.4 Å². The van der Waals surface area contributed by atoms with Gasteiger partial charge in [0.05, 0.1) is 34.1 Å². The summed E-state index contributed by atoms with van der Waals surface area (Å²) in [6.45, 7) is 6.44. The maximum absolute atomic E-state index is 15.4. The first-order valence-corrected chi connectivity index (χ1v) is 16.5. The quantitative estimate of drug-likeness (QED) is 0.178. The molecule has 0 radical (unpaired) electrons. The van der Waals surface area contributed by atoms with E-state index in [-0.39, 0.29) is 17.8 Å². The van der Waals surface area contributed by atoms with Crippen LogP contribution in [-0.4, -0.2) is 64.3 Å². The highest BCUT2D eigenvalue weighted by Crippen LogP contribution is 2.42. The van der Waals surface area contributed by atoms with Crippen LogP contribution in [0, 0.1) is 5.82 Å². The highest BCUT2D eigenvalue weighted by molar-refractivity contribution is 6.39. The predicted octanol–water partition coefficient (Wildman–Crippen LogP) is 6.43. The Morgan fingerprint density at radius 2 is 1.89 bits per heavy atom. The molecule has 0 spiro atoms. The lowest BCUT2D eigenvalue weighted by Crippen LogP contribution is -2.41. The van der Waals surface area contributed by atoms with Gasteiger partial charge in [-0.3, -0.25) is 14.7 Å². The Labute approximate surface area is 284 Å². The molecule has 2 aliphatic heterocycles. The van der Waals surface area contributed by atoms with Crippen LogP contribution in [0.2, 0.25) is 10.0 Å². The van der Waals surface area contributed by atoms with Gasteiger partial charge in [-0.15, -0.1) is 0 Å². The largest absolute Gasteiger partial charge is 0.481 e. The van der Waals surface area contributed by atoms with Gasteiger partial charge in [-0.1, -0.05) is 47.5 Å². The second kappa shape index (κ2) is 13.9. The van der Waals surface area contributed by atoms with Crippen molar-refractivity contribution < 1.29 is 19.0 Å². The highest BCUT2D eigenvalue weighted by atomic mass is 35.5. The third kappa shape index (κ3) is 7.45. The minimum absolute atomic E-state index is 0.0897. The molecule has 0 unspecified atom stereocenters. The minimum Gasteiger partial charge on any atom is -0.481 e. The summed E-state index contributed by atoms with van der Waals surface area (Å²) in [5, 5.41) is 17.5. The molecule has 2 aliphatic rings. The van der Waals surface area contributed by atoms with Crippen molar-refractivity contribution in [3.8, 4) is 39.5 Å². The number of β-amino-alcohol motifs (C(OH)–C–C–N with tert-alkyl or cyclic N) is 1. The number of carbonyl (C=O) groups excluding carboxylic acids is 1. The topological polar surface area (TPSA) is 99.6 Å². The minimum atomic E-state index is -0.851. The summed E-state index contributed by atoms with van der Waals surface area (Å²) < 4.78 is 21.0. The lowest BCUT2D eigenvalue weighted by molar-refractivity contribution is -0.119. The molecule has 6 rings (SSSR count). The van der Waals surface area contributed by atoms with Crippen LogP contribution in [0.1, 0.15) is 43.4 Å². The molecular formula is C36H38Cl2FN5O3. The van der Waals surface area contributed by atoms with E-state index in [4.69, 9.17) is 32.9 Å². The first-order chi connectivity index (χ1) is 22.5. The molecular weight excluding hydrogens is 640 g/mol. The molecule has 1 fully saturated rings. The van der Waals surface area contributed by atoms with Crippen LogP contribution in [0.4, 0.5) is 4.39 Å². The fourth-order valence-corrected chi connectivity index (χ4v) is 7.10. The Hall–Kier alpha value is -3.60. The summed E-state index contributed by atoms with van der Waals surface area (Å²) in [5.41, 5.74) is 5.33. The molecule has 8 nitrogen and oxygen atoms in total. The number of ether oxygens (including phenoxy) is 1. The van der Waals surface area contributed by atoms with Gasteiger partial charge in [0.25, 0.3) is 0 Å². The average molecular weight is 679 g/mol. The van der Waals surface area contributed by atoms with Crippen molar-refractivity contribution >= 4 is 29.1 Å². The first-order valence-electron chi connectivity index (χ1n) is 15.7. The lowest BCUT2D eigenvalue weighted by Gasteiger charge is -2.33. The SMILES string of the molecule is COc1nc(-c2cccc(-c3ccnc(-c4cc(F)c5c(c4)CN(CC(C)(C)O)CC5)c3Cl)c2Cl)ccc1CNC[C@H]1CCC(=O)N1. The summed E-state index contributed by atoms with van der Waals surface area (Å²) in [4.78, 5) is 22.9. The summed E-state index contributed by atoms with van der Waals surface area (Å²) >= 11 is 14.1. The number of carbonyl (C=O) groups is 1.